The van der Waals surface area contributed by atoms with Crippen molar-refractivity contribution in [2.75, 3.05) is 26.8 Å². The lowest BCUT2D eigenvalue weighted by molar-refractivity contribution is 0.0580. The fraction of sp³-hybridized carbons (Fsp3) is 1.00. The Morgan fingerprint density at radius 3 is 2.60 bits per heavy atom. The third-order valence-electron chi connectivity index (χ3n) is 3.26. The molecule has 90 valence electrons. The van der Waals surface area contributed by atoms with Gasteiger partial charge in [-0.05, 0) is 37.8 Å². The van der Waals surface area contributed by atoms with E-state index in [4.69, 9.17) is 4.74 Å². The minimum atomic E-state index is 0.453. The van der Waals surface area contributed by atoms with E-state index in [0.29, 0.717) is 11.5 Å². The molecule has 1 unspecified atom stereocenters. The van der Waals surface area contributed by atoms with Crippen molar-refractivity contribution in [2.24, 2.45) is 5.41 Å². The van der Waals surface area contributed by atoms with Gasteiger partial charge in [0, 0.05) is 13.2 Å². The highest BCUT2D eigenvalue weighted by Gasteiger charge is 2.23. The molecule has 0 N–H and O–H groups in total. The molecule has 0 aromatic carbocycles. The maximum Gasteiger partial charge on any atom is 0.0618 e. The van der Waals surface area contributed by atoms with Gasteiger partial charge in [-0.15, -0.1) is 0 Å². The van der Waals surface area contributed by atoms with Crippen LogP contribution in [0.15, 0.2) is 0 Å². The summed E-state index contributed by atoms with van der Waals surface area (Å²) in [7, 11) is 1.82. The van der Waals surface area contributed by atoms with Crippen molar-refractivity contribution in [2.45, 2.75) is 52.5 Å². The zero-order chi connectivity index (χ0) is 11.3. The van der Waals surface area contributed by atoms with Gasteiger partial charge in [-0.2, -0.15) is 0 Å². The van der Waals surface area contributed by atoms with Crippen LogP contribution >= 0.6 is 0 Å². The standard InChI is InChI=1S/C13H27NO/c1-13(2,3)8-10-14-9-6-5-7-12(14)11-15-4/h12H,5-11H2,1-4H3. The Hall–Kier alpha value is -0.0800. The Balaban J connectivity index is 2.35. The van der Waals surface area contributed by atoms with Gasteiger partial charge in [0.15, 0.2) is 0 Å². The van der Waals surface area contributed by atoms with Crippen LogP contribution in [0.3, 0.4) is 0 Å². The van der Waals surface area contributed by atoms with Crippen LogP contribution in [-0.4, -0.2) is 37.7 Å². The van der Waals surface area contributed by atoms with Crippen molar-refractivity contribution in [3.63, 3.8) is 0 Å². The molecule has 0 aromatic rings. The maximum atomic E-state index is 5.30. The first kappa shape index (κ1) is 13.0. The molecule has 1 fully saturated rings. The zero-order valence-corrected chi connectivity index (χ0v) is 10.9. The molecule has 0 amide bonds. The Morgan fingerprint density at radius 1 is 1.27 bits per heavy atom. The highest BCUT2D eigenvalue weighted by molar-refractivity contribution is 4.78. The summed E-state index contributed by atoms with van der Waals surface area (Å²) in [5, 5.41) is 0. The summed E-state index contributed by atoms with van der Waals surface area (Å²) >= 11 is 0. The molecule has 0 bridgehead atoms. The largest absolute Gasteiger partial charge is 0.383 e. The van der Waals surface area contributed by atoms with E-state index in [1.54, 1.807) is 0 Å². The second-order valence-corrected chi connectivity index (χ2v) is 5.95. The quantitative estimate of drug-likeness (QED) is 0.712. The first-order chi connectivity index (χ1) is 7.03. The third kappa shape index (κ3) is 4.98. The van der Waals surface area contributed by atoms with Crippen molar-refractivity contribution in [3.05, 3.63) is 0 Å². The van der Waals surface area contributed by atoms with Crippen LogP contribution in [0.4, 0.5) is 0 Å². The average Bonchev–Trinajstić information content (AvgIpc) is 2.16. The number of hydrogen-bond acceptors (Lipinski definition) is 2. The molecule has 0 aliphatic carbocycles. The van der Waals surface area contributed by atoms with Crippen LogP contribution in [0.1, 0.15) is 46.5 Å². The molecule has 2 heteroatoms. The predicted octanol–water partition coefficient (Wildman–Crippen LogP) is 2.92. The molecule has 0 spiro atoms. The zero-order valence-electron chi connectivity index (χ0n) is 10.9. The summed E-state index contributed by atoms with van der Waals surface area (Å²) in [6.45, 7) is 10.4. The van der Waals surface area contributed by atoms with Crippen LogP contribution in [0.25, 0.3) is 0 Å². The molecule has 1 heterocycles. The minimum Gasteiger partial charge on any atom is -0.383 e. The lowest BCUT2D eigenvalue weighted by Crippen LogP contribution is -2.43. The minimum absolute atomic E-state index is 0.453. The second-order valence-electron chi connectivity index (χ2n) is 5.95. The maximum absolute atomic E-state index is 5.30. The predicted molar refractivity (Wildman–Crippen MR) is 65.2 cm³/mol. The van der Waals surface area contributed by atoms with Crippen LogP contribution in [0.2, 0.25) is 0 Å². The number of ether oxygens (including phenoxy) is 1. The number of piperidine rings is 1. The van der Waals surface area contributed by atoms with E-state index in [0.717, 1.165) is 6.61 Å². The molecule has 1 aliphatic rings. The summed E-state index contributed by atoms with van der Waals surface area (Å²) in [5.74, 6) is 0. The normalized spacial score (nSPS) is 24.4. The van der Waals surface area contributed by atoms with Crippen LogP contribution in [0.5, 0.6) is 0 Å². The lowest BCUT2D eigenvalue weighted by Gasteiger charge is -2.36. The van der Waals surface area contributed by atoms with E-state index in [1.165, 1.54) is 38.8 Å². The van der Waals surface area contributed by atoms with Gasteiger partial charge in [-0.1, -0.05) is 27.2 Å². The SMILES string of the molecule is COCC1CCCCN1CCC(C)(C)C. The van der Waals surface area contributed by atoms with E-state index >= 15 is 0 Å². The van der Waals surface area contributed by atoms with E-state index in [1.807, 2.05) is 7.11 Å². The van der Waals surface area contributed by atoms with Crippen molar-refractivity contribution in [3.8, 4) is 0 Å². The van der Waals surface area contributed by atoms with Gasteiger partial charge in [0.2, 0.25) is 0 Å². The number of methoxy groups -OCH3 is 1. The first-order valence-corrected chi connectivity index (χ1v) is 6.26. The summed E-state index contributed by atoms with van der Waals surface area (Å²) in [5.41, 5.74) is 0.453. The van der Waals surface area contributed by atoms with Crippen molar-refractivity contribution in [1.29, 1.82) is 0 Å². The van der Waals surface area contributed by atoms with Crippen LogP contribution < -0.4 is 0 Å². The van der Waals surface area contributed by atoms with Gasteiger partial charge < -0.3 is 4.74 Å². The van der Waals surface area contributed by atoms with Crippen molar-refractivity contribution >= 4 is 0 Å². The van der Waals surface area contributed by atoms with Crippen molar-refractivity contribution in [1.82, 2.24) is 4.90 Å². The van der Waals surface area contributed by atoms with E-state index < -0.39 is 0 Å². The smallest absolute Gasteiger partial charge is 0.0618 e. The summed E-state index contributed by atoms with van der Waals surface area (Å²) in [4.78, 5) is 2.62. The van der Waals surface area contributed by atoms with Crippen LogP contribution in [0, 0.1) is 5.41 Å². The first-order valence-electron chi connectivity index (χ1n) is 6.26. The molecule has 15 heavy (non-hydrogen) atoms. The van der Waals surface area contributed by atoms with Gasteiger partial charge >= 0.3 is 0 Å². The number of hydrogen-bond donors (Lipinski definition) is 0. The van der Waals surface area contributed by atoms with Gasteiger partial charge in [0.05, 0.1) is 6.61 Å². The molecule has 0 saturated carbocycles. The number of nitrogens with zero attached hydrogens (tertiary/aromatic N) is 1. The summed E-state index contributed by atoms with van der Waals surface area (Å²) in [6.07, 6.45) is 5.34. The molecule has 1 rings (SSSR count). The number of likely N-dealkylation sites (tertiary alicyclic amines) is 1. The summed E-state index contributed by atoms with van der Waals surface area (Å²) < 4.78 is 5.30. The van der Waals surface area contributed by atoms with Gasteiger partial charge in [-0.3, -0.25) is 4.90 Å². The topological polar surface area (TPSA) is 12.5 Å². The second kappa shape index (κ2) is 5.86. The molecule has 0 aromatic heterocycles. The third-order valence-corrected chi connectivity index (χ3v) is 3.26. The molecular weight excluding hydrogens is 186 g/mol. The lowest BCUT2D eigenvalue weighted by atomic mass is 9.91. The Labute approximate surface area is 95.0 Å². The van der Waals surface area contributed by atoms with Gasteiger partial charge in [-0.25, -0.2) is 0 Å². The number of rotatable bonds is 4. The Morgan fingerprint density at radius 2 is 2.00 bits per heavy atom. The van der Waals surface area contributed by atoms with E-state index in [-0.39, 0.29) is 0 Å². The molecule has 1 aliphatic heterocycles. The highest BCUT2D eigenvalue weighted by atomic mass is 16.5. The summed E-state index contributed by atoms with van der Waals surface area (Å²) in [6, 6.07) is 0.672. The molecule has 0 radical (unpaired) electrons. The van der Waals surface area contributed by atoms with Crippen LogP contribution in [-0.2, 0) is 4.74 Å². The van der Waals surface area contributed by atoms with Gasteiger partial charge in [0.1, 0.15) is 0 Å². The monoisotopic (exact) mass is 213 g/mol. The van der Waals surface area contributed by atoms with Crippen molar-refractivity contribution < 1.29 is 4.74 Å². The fourth-order valence-corrected chi connectivity index (χ4v) is 2.21. The van der Waals surface area contributed by atoms with Gasteiger partial charge in [0.25, 0.3) is 0 Å². The fourth-order valence-electron chi connectivity index (χ4n) is 2.21. The molecule has 1 saturated heterocycles. The molecule has 2 nitrogen and oxygen atoms in total. The Bertz CT molecular complexity index is 172. The highest BCUT2D eigenvalue weighted by Crippen LogP contribution is 2.23. The Kier molecular flexibility index (Phi) is 5.07. The van der Waals surface area contributed by atoms with E-state index in [2.05, 4.69) is 25.7 Å². The molecule has 1 atom stereocenters. The molecular formula is C13H27NO. The van der Waals surface area contributed by atoms with E-state index in [9.17, 15) is 0 Å². The average molecular weight is 213 g/mol.